The van der Waals surface area contributed by atoms with Gasteiger partial charge in [0.05, 0.1) is 0 Å². The van der Waals surface area contributed by atoms with E-state index in [2.05, 4.69) is 6.58 Å². The van der Waals surface area contributed by atoms with Gasteiger partial charge >= 0.3 is 0 Å². The van der Waals surface area contributed by atoms with Crippen LogP contribution >= 0.6 is 0 Å². The molecule has 0 aromatic carbocycles. The van der Waals surface area contributed by atoms with Crippen LogP contribution in [0, 0.1) is 0 Å². The number of hydrogen-bond donors (Lipinski definition) is 2. The Hall–Kier alpha value is -0.760. The number of allylic oxidation sites excluding steroid dienone is 1. The van der Waals surface area contributed by atoms with E-state index in [0.717, 1.165) is 6.42 Å². The quantitative estimate of drug-likeness (QED) is 0.548. The average molecular weight is 126 g/mol. The summed E-state index contributed by atoms with van der Waals surface area (Å²) in [5.41, 5.74) is 11.4. The lowest BCUT2D eigenvalue weighted by Crippen LogP contribution is -2.25. The Morgan fingerprint density at radius 2 is 2.33 bits per heavy atom. The second kappa shape index (κ2) is 4.15. The summed E-state index contributed by atoms with van der Waals surface area (Å²) in [6.45, 7) is 5.48. The van der Waals surface area contributed by atoms with Crippen molar-refractivity contribution in [3.8, 4) is 0 Å². The molecule has 0 saturated carbocycles. The maximum atomic E-state index is 5.53. The Kier molecular flexibility index (Phi) is 3.80. The van der Waals surface area contributed by atoms with Gasteiger partial charge in [-0.05, 0) is 13.3 Å². The fourth-order valence-electron chi connectivity index (χ4n) is 0.434. The molecule has 1 unspecified atom stereocenters. The van der Waals surface area contributed by atoms with Crippen molar-refractivity contribution in [3.05, 3.63) is 24.4 Å². The van der Waals surface area contributed by atoms with E-state index in [9.17, 15) is 0 Å². The van der Waals surface area contributed by atoms with Crippen LogP contribution in [0.25, 0.3) is 0 Å². The van der Waals surface area contributed by atoms with E-state index < -0.39 is 0 Å². The fraction of sp³-hybridized carbons (Fsp3) is 0.429. The topological polar surface area (TPSA) is 52.0 Å². The summed E-state index contributed by atoms with van der Waals surface area (Å²) in [6.07, 6.45) is 4.71. The molecule has 52 valence electrons. The SMILES string of the molecule is C=C(N)C(N)C/C=C\C. The Balaban J connectivity index is 3.50. The van der Waals surface area contributed by atoms with Crippen LogP contribution in [0.3, 0.4) is 0 Å². The van der Waals surface area contributed by atoms with E-state index in [0.29, 0.717) is 5.70 Å². The molecule has 0 spiro atoms. The van der Waals surface area contributed by atoms with Gasteiger partial charge in [-0.3, -0.25) is 0 Å². The van der Waals surface area contributed by atoms with E-state index in [1.807, 2.05) is 19.1 Å². The number of rotatable bonds is 3. The van der Waals surface area contributed by atoms with Crippen LogP contribution < -0.4 is 11.5 Å². The summed E-state index contributed by atoms with van der Waals surface area (Å²) < 4.78 is 0. The number of hydrogen-bond acceptors (Lipinski definition) is 2. The van der Waals surface area contributed by atoms with Gasteiger partial charge < -0.3 is 11.5 Å². The van der Waals surface area contributed by atoms with Crippen LogP contribution in [0.5, 0.6) is 0 Å². The molecular formula is C7H14N2. The highest BCUT2D eigenvalue weighted by Gasteiger charge is 1.97. The standard InChI is InChI=1S/C7H14N2/c1-3-4-5-7(9)6(2)8/h3-4,7H,2,5,8-9H2,1H3/b4-3-. The average Bonchev–Trinajstić information content (AvgIpc) is 1.82. The highest BCUT2D eigenvalue weighted by Crippen LogP contribution is 1.94. The molecule has 0 aromatic heterocycles. The van der Waals surface area contributed by atoms with Gasteiger partial charge in [-0.25, -0.2) is 0 Å². The van der Waals surface area contributed by atoms with Crippen molar-refractivity contribution < 1.29 is 0 Å². The zero-order chi connectivity index (χ0) is 7.28. The Bertz CT molecular complexity index is 116. The molecule has 0 aliphatic heterocycles. The molecule has 2 heteroatoms. The van der Waals surface area contributed by atoms with Gasteiger partial charge in [0.25, 0.3) is 0 Å². The normalized spacial score (nSPS) is 14.0. The molecule has 0 rings (SSSR count). The van der Waals surface area contributed by atoms with Gasteiger partial charge in [-0.1, -0.05) is 18.7 Å². The van der Waals surface area contributed by atoms with Crippen LogP contribution in [0.2, 0.25) is 0 Å². The minimum absolute atomic E-state index is 0.0822. The lowest BCUT2D eigenvalue weighted by molar-refractivity contribution is 0.776. The third-order valence-corrected chi connectivity index (χ3v) is 1.10. The summed E-state index contributed by atoms with van der Waals surface area (Å²) in [7, 11) is 0. The molecule has 0 aliphatic carbocycles. The molecule has 0 aromatic rings. The first-order valence-corrected chi connectivity index (χ1v) is 2.99. The van der Waals surface area contributed by atoms with E-state index >= 15 is 0 Å². The van der Waals surface area contributed by atoms with Crippen molar-refractivity contribution >= 4 is 0 Å². The van der Waals surface area contributed by atoms with E-state index in [4.69, 9.17) is 11.5 Å². The molecule has 0 bridgehead atoms. The van der Waals surface area contributed by atoms with Crippen molar-refractivity contribution in [2.75, 3.05) is 0 Å². The predicted octanol–water partition coefficient (Wildman–Crippen LogP) is 0.752. The van der Waals surface area contributed by atoms with Gasteiger partial charge in [0.15, 0.2) is 0 Å². The molecule has 4 N–H and O–H groups in total. The van der Waals surface area contributed by atoms with Crippen LogP contribution in [0.15, 0.2) is 24.4 Å². The van der Waals surface area contributed by atoms with Gasteiger partial charge in [0.2, 0.25) is 0 Å². The molecule has 1 atom stereocenters. The van der Waals surface area contributed by atoms with Crippen molar-refractivity contribution in [2.45, 2.75) is 19.4 Å². The van der Waals surface area contributed by atoms with Crippen molar-refractivity contribution in [3.63, 3.8) is 0 Å². The molecule has 0 amide bonds. The Morgan fingerprint density at radius 3 is 2.67 bits per heavy atom. The molecule has 0 fully saturated rings. The zero-order valence-electron chi connectivity index (χ0n) is 5.80. The van der Waals surface area contributed by atoms with Crippen LogP contribution in [0.1, 0.15) is 13.3 Å². The van der Waals surface area contributed by atoms with Crippen molar-refractivity contribution in [1.82, 2.24) is 0 Å². The molecule has 0 aliphatic rings. The Labute approximate surface area is 56.2 Å². The summed E-state index contributed by atoms with van der Waals surface area (Å²) in [4.78, 5) is 0. The van der Waals surface area contributed by atoms with Crippen molar-refractivity contribution in [1.29, 1.82) is 0 Å². The summed E-state index contributed by atoms with van der Waals surface area (Å²) in [5, 5.41) is 0. The summed E-state index contributed by atoms with van der Waals surface area (Å²) in [6, 6.07) is -0.0822. The first kappa shape index (κ1) is 8.24. The molecule has 0 radical (unpaired) electrons. The predicted molar refractivity (Wildman–Crippen MR) is 40.7 cm³/mol. The third-order valence-electron chi connectivity index (χ3n) is 1.10. The lowest BCUT2D eigenvalue weighted by atomic mass is 10.2. The van der Waals surface area contributed by atoms with E-state index in [-0.39, 0.29) is 6.04 Å². The monoisotopic (exact) mass is 126 g/mol. The van der Waals surface area contributed by atoms with Gasteiger partial charge in [0.1, 0.15) is 0 Å². The van der Waals surface area contributed by atoms with Gasteiger partial charge in [-0.15, -0.1) is 0 Å². The molecule has 2 nitrogen and oxygen atoms in total. The highest BCUT2D eigenvalue weighted by atomic mass is 14.7. The first-order chi connectivity index (χ1) is 4.18. The number of nitrogens with two attached hydrogens (primary N) is 2. The van der Waals surface area contributed by atoms with Gasteiger partial charge in [0, 0.05) is 11.7 Å². The minimum Gasteiger partial charge on any atom is -0.401 e. The smallest absolute Gasteiger partial charge is 0.0471 e. The van der Waals surface area contributed by atoms with Crippen LogP contribution in [0.4, 0.5) is 0 Å². The summed E-state index contributed by atoms with van der Waals surface area (Å²) in [5.74, 6) is 0. The second-order valence-corrected chi connectivity index (χ2v) is 1.99. The van der Waals surface area contributed by atoms with Crippen molar-refractivity contribution in [2.24, 2.45) is 11.5 Å². The van der Waals surface area contributed by atoms with E-state index in [1.54, 1.807) is 0 Å². The fourth-order valence-corrected chi connectivity index (χ4v) is 0.434. The van der Waals surface area contributed by atoms with Crippen LogP contribution in [-0.2, 0) is 0 Å². The largest absolute Gasteiger partial charge is 0.401 e. The van der Waals surface area contributed by atoms with Gasteiger partial charge in [-0.2, -0.15) is 0 Å². The van der Waals surface area contributed by atoms with Crippen LogP contribution in [-0.4, -0.2) is 6.04 Å². The highest BCUT2D eigenvalue weighted by molar-refractivity contribution is 5.01. The second-order valence-electron chi connectivity index (χ2n) is 1.99. The third kappa shape index (κ3) is 3.79. The molecule has 0 saturated heterocycles. The molecule has 9 heavy (non-hydrogen) atoms. The van der Waals surface area contributed by atoms with E-state index in [1.165, 1.54) is 0 Å². The first-order valence-electron chi connectivity index (χ1n) is 2.99. The minimum atomic E-state index is -0.0822. The lowest BCUT2D eigenvalue weighted by Gasteiger charge is -2.05. The Morgan fingerprint density at radius 1 is 1.78 bits per heavy atom. The maximum Gasteiger partial charge on any atom is 0.0471 e. The summed E-state index contributed by atoms with van der Waals surface area (Å²) >= 11 is 0. The zero-order valence-corrected chi connectivity index (χ0v) is 5.80. The maximum absolute atomic E-state index is 5.53. The molecule has 0 heterocycles. The molecular weight excluding hydrogens is 112 g/mol.